The highest BCUT2D eigenvalue weighted by Crippen LogP contribution is 2.41. The molecule has 0 bridgehead atoms. The average Bonchev–Trinajstić information content (AvgIpc) is 3.31. The van der Waals surface area contributed by atoms with Crippen LogP contribution in [-0.4, -0.2) is 43.3 Å². The van der Waals surface area contributed by atoms with Gasteiger partial charge in [0.15, 0.2) is 0 Å². The fourth-order valence-electron chi connectivity index (χ4n) is 3.48. The van der Waals surface area contributed by atoms with Crippen molar-refractivity contribution in [2.45, 2.75) is 31.5 Å². The van der Waals surface area contributed by atoms with Gasteiger partial charge in [-0.2, -0.15) is 13.2 Å². The summed E-state index contributed by atoms with van der Waals surface area (Å²) in [5.74, 6) is 0.480. The van der Waals surface area contributed by atoms with Gasteiger partial charge in [-0.1, -0.05) is 23.7 Å². The van der Waals surface area contributed by atoms with Crippen LogP contribution >= 0.6 is 11.6 Å². The Hall–Kier alpha value is -1.47. The summed E-state index contributed by atoms with van der Waals surface area (Å²) in [6.45, 7) is 0.292. The van der Waals surface area contributed by atoms with E-state index in [0.29, 0.717) is 37.0 Å². The maximum Gasteiger partial charge on any atom is 0.401 e. The van der Waals surface area contributed by atoms with Crippen LogP contribution in [0, 0.1) is 11.8 Å². The number of amides is 2. The monoisotopic (exact) mass is 389 g/mol. The second kappa shape index (κ2) is 8.05. The van der Waals surface area contributed by atoms with Gasteiger partial charge < -0.3 is 10.6 Å². The van der Waals surface area contributed by atoms with E-state index in [9.17, 15) is 18.0 Å². The second-order valence-corrected chi connectivity index (χ2v) is 7.66. The summed E-state index contributed by atoms with van der Waals surface area (Å²) in [6.07, 6.45) is -1.36. The molecule has 2 N–H and O–H groups in total. The lowest BCUT2D eigenvalue weighted by Crippen LogP contribution is -2.41. The van der Waals surface area contributed by atoms with Gasteiger partial charge in [0, 0.05) is 18.1 Å². The number of rotatable bonds is 6. The van der Waals surface area contributed by atoms with E-state index in [1.54, 1.807) is 12.1 Å². The van der Waals surface area contributed by atoms with Gasteiger partial charge in [-0.3, -0.25) is 4.90 Å². The molecule has 1 aliphatic heterocycles. The Morgan fingerprint density at radius 2 is 1.92 bits per heavy atom. The van der Waals surface area contributed by atoms with Gasteiger partial charge in [-0.25, -0.2) is 4.79 Å². The van der Waals surface area contributed by atoms with Crippen molar-refractivity contribution in [1.29, 1.82) is 0 Å². The molecule has 0 unspecified atom stereocenters. The molecule has 1 aromatic carbocycles. The molecule has 0 aromatic heterocycles. The van der Waals surface area contributed by atoms with E-state index in [1.165, 1.54) is 4.90 Å². The van der Waals surface area contributed by atoms with Gasteiger partial charge in [-0.15, -0.1) is 0 Å². The summed E-state index contributed by atoms with van der Waals surface area (Å²) >= 11 is 5.92. The van der Waals surface area contributed by atoms with E-state index in [-0.39, 0.29) is 18.0 Å². The number of carbonyl (C=O) groups is 1. The van der Waals surface area contributed by atoms with E-state index >= 15 is 0 Å². The van der Waals surface area contributed by atoms with Crippen molar-refractivity contribution in [3.05, 3.63) is 34.9 Å². The summed E-state index contributed by atoms with van der Waals surface area (Å²) in [5, 5.41) is 6.47. The number of hydrogen-bond acceptors (Lipinski definition) is 2. The maximum atomic E-state index is 12.4. The lowest BCUT2D eigenvalue weighted by molar-refractivity contribution is -0.143. The SMILES string of the molecule is O=C(NC[C@@H]1CCN(CC(F)(F)F)C1)N[C@H](c1ccc(Cl)cc1)C1CC1. The molecule has 2 fully saturated rings. The van der Waals surface area contributed by atoms with E-state index < -0.39 is 12.7 Å². The Kier molecular flexibility index (Phi) is 5.97. The number of halogens is 4. The van der Waals surface area contributed by atoms with Crippen molar-refractivity contribution in [1.82, 2.24) is 15.5 Å². The molecule has 2 atom stereocenters. The highest BCUT2D eigenvalue weighted by molar-refractivity contribution is 6.30. The molecule has 144 valence electrons. The maximum absolute atomic E-state index is 12.4. The predicted octanol–water partition coefficient (Wildman–Crippen LogP) is 3.97. The molecule has 1 heterocycles. The molecule has 1 saturated carbocycles. The zero-order chi connectivity index (χ0) is 18.7. The molecule has 8 heteroatoms. The number of carbonyl (C=O) groups excluding carboxylic acids is 1. The number of nitrogens with zero attached hydrogens (tertiary/aromatic N) is 1. The summed E-state index contributed by atoms with van der Waals surface area (Å²) in [4.78, 5) is 13.6. The van der Waals surface area contributed by atoms with Crippen LogP contribution in [0.15, 0.2) is 24.3 Å². The molecule has 3 rings (SSSR count). The number of urea groups is 1. The van der Waals surface area contributed by atoms with Gasteiger partial charge in [-0.05, 0) is 55.3 Å². The van der Waals surface area contributed by atoms with Crippen LogP contribution in [0.1, 0.15) is 30.9 Å². The summed E-state index contributed by atoms with van der Waals surface area (Å²) in [5.41, 5.74) is 1.02. The Morgan fingerprint density at radius 3 is 2.54 bits per heavy atom. The molecular weight excluding hydrogens is 367 g/mol. The van der Waals surface area contributed by atoms with Gasteiger partial charge in [0.25, 0.3) is 0 Å². The van der Waals surface area contributed by atoms with Gasteiger partial charge in [0.05, 0.1) is 12.6 Å². The Bertz CT molecular complexity index is 619. The summed E-state index contributed by atoms with van der Waals surface area (Å²) < 4.78 is 37.3. The predicted molar refractivity (Wildman–Crippen MR) is 94.1 cm³/mol. The summed E-state index contributed by atoms with van der Waals surface area (Å²) in [7, 11) is 0. The molecule has 26 heavy (non-hydrogen) atoms. The first kappa shape index (κ1) is 19.3. The molecule has 4 nitrogen and oxygen atoms in total. The van der Waals surface area contributed by atoms with Crippen LogP contribution in [0.2, 0.25) is 5.02 Å². The fraction of sp³-hybridized carbons (Fsp3) is 0.611. The first-order valence-corrected chi connectivity index (χ1v) is 9.27. The zero-order valence-corrected chi connectivity index (χ0v) is 15.1. The van der Waals surface area contributed by atoms with Gasteiger partial charge >= 0.3 is 12.2 Å². The number of hydrogen-bond donors (Lipinski definition) is 2. The third-order valence-corrected chi connectivity index (χ3v) is 5.19. The fourth-order valence-corrected chi connectivity index (χ4v) is 3.60. The van der Waals surface area contributed by atoms with Crippen LogP contribution in [0.5, 0.6) is 0 Å². The smallest absolute Gasteiger partial charge is 0.338 e. The van der Waals surface area contributed by atoms with Crippen molar-refractivity contribution in [3.63, 3.8) is 0 Å². The Balaban J connectivity index is 1.45. The molecular formula is C18H23ClF3N3O. The van der Waals surface area contributed by atoms with Gasteiger partial charge in [0.1, 0.15) is 0 Å². The molecule has 1 aromatic rings. The molecule has 0 spiro atoms. The second-order valence-electron chi connectivity index (χ2n) is 7.23. The van der Waals surface area contributed by atoms with Crippen molar-refractivity contribution in [3.8, 4) is 0 Å². The van der Waals surface area contributed by atoms with E-state index in [2.05, 4.69) is 10.6 Å². The van der Waals surface area contributed by atoms with Crippen molar-refractivity contribution in [2.24, 2.45) is 11.8 Å². The highest BCUT2D eigenvalue weighted by atomic mass is 35.5. The standard InChI is InChI=1S/C18H23ClF3N3O/c19-15-5-3-14(4-6-15)16(13-1-2-13)24-17(26)23-9-12-7-8-25(10-12)11-18(20,21)22/h3-6,12-13,16H,1-2,7-11H2,(H2,23,24,26)/t12-,16-/m0/s1. The topological polar surface area (TPSA) is 44.4 Å². The molecule has 1 aliphatic carbocycles. The average molecular weight is 390 g/mol. The minimum Gasteiger partial charge on any atom is -0.338 e. The third kappa shape index (κ3) is 5.77. The first-order valence-electron chi connectivity index (χ1n) is 8.89. The third-order valence-electron chi connectivity index (χ3n) is 4.93. The quantitative estimate of drug-likeness (QED) is 0.773. The van der Waals surface area contributed by atoms with Crippen LogP contribution in [0.25, 0.3) is 0 Å². The molecule has 1 saturated heterocycles. The van der Waals surface area contributed by atoms with Crippen LogP contribution in [-0.2, 0) is 0 Å². The van der Waals surface area contributed by atoms with Crippen LogP contribution in [0.3, 0.4) is 0 Å². The molecule has 2 aliphatic rings. The van der Waals surface area contributed by atoms with Gasteiger partial charge in [0.2, 0.25) is 0 Å². The van der Waals surface area contributed by atoms with E-state index in [1.807, 2.05) is 12.1 Å². The first-order chi connectivity index (χ1) is 12.3. The highest BCUT2D eigenvalue weighted by Gasteiger charge is 2.35. The molecule has 2 amide bonds. The lowest BCUT2D eigenvalue weighted by atomic mass is 10.0. The van der Waals surface area contributed by atoms with E-state index in [0.717, 1.165) is 18.4 Å². The minimum atomic E-state index is -4.17. The Labute approximate surface area is 156 Å². The lowest BCUT2D eigenvalue weighted by Gasteiger charge is -2.21. The number of alkyl halides is 3. The van der Waals surface area contributed by atoms with Crippen molar-refractivity contribution < 1.29 is 18.0 Å². The minimum absolute atomic E-state index is 0.0537. The normalized spacial score (nSPS) is 22.2. The zero-order valence-electron chi connectivity index (χ0n) is 14.4. The Morgan fingerprint density at radius 1 is 1.23 bits per heavy atom. The number of likely N-dealkylation sites (tertiary alicyclic amines) is 1. The van der Waals surface area contributed by atoms with Crippen LogP contribution < -0.4 is 10.6 Å². The summed E-state index contributed by atoms with van der Waals surface area (Å²) in [6, 6.07) is 7.11. The van der Waals surface area contributed by atoms with Crippen molar-refractivity contribution >= 4 is 17.6 Å². The molecule has 0 radical (unpaired) electrons. The largest absolute Gasteiger partial charge is 0.401 e. The number of nitrogens with one attached hydrogen (secondary N) is 2. The number of benzene rings is 1. The van der Waals surface area contributed by atoms with Crippen molar-refractivity contribution in [2.75, 3.05) is 26.2 Å². The van der Waals surface area contributed by atoms with E-state index in [4.69, 9.17) is 11.6 Å². The van der Waals surface area contributed by atoms with Crippen LogP contribution in [0.4, 0.5) is 18.0 Å².